The van der Waals surface area contributed by atoms with Gasteiger partial charge in [0.15, 0.2) is 15.8 Å². The smallest absolute Gasteiger partial charge is 0.223 e. The Morgan fingerprint density at radius 1 is 1.38 bits per heavy atom. The number of thioether (sulfide) groups is 1. The van der Waals surface area contributed by atoms with Crippen LogP contribution in [0.3, 0.4) is 0 Å². The van der Waals surface area contributed by atoms with E-state index in [2.05, 4.69) is 37.3 Å². The Balaban J connectivity index is 1.94. The maximum Gasteiger partial charge on any atom is 0.223 e. The number of anilines is 1. The van der Waals surface area contributed by atoms with Gasteiger partial charge in [-0.3, -0.25) is 0 Å². The first-order chi connectivity index (χ1) is 10.2. The Hall–Kier alpha value is -1.74. The highest BCUT2D eigenvalue weighted by molar-refractivity contribution is 8.00. The Labute approximate surface area is 129 Å². The largest absolute Gasteiger partial charge is 0.359 e. The van der Waals surface area contributed by atoms with E-state index in [1.54, 1.807) is 30.0 Å². The molecule has 0 bridgehead atoms. The van der Waals surface area contributed by atoms with Crippen molar-refractivity contribution in [2.45, 2.75) is 30.6 Å². The molecule has 3 aromatic heterocycles. The van der Waals surface area contributed by atoms with Gasteiger partial charge < -0.3 is 9.84 Å². The molecule has 7 nitrogen and oxygen atoms in total. The highest BCUT2D eigenvalue weighted by atomic mass is 32.2. The molecule has 0 radical (unpaired) electrons. The van der Waals surface area contributed by atoms with Crippen molar-refractivity contribution >= 4 is 39.3 Å². The van der Waals surface area contributed by atoms with Crippen LogP contribution in [0.1, 0.15) is 31.1 Å². The van der Waals surface area contributed by atoms with Crippen LogP contribution in [0.2, 0.25) is 0 Å². The molecular formula is C12H14N6OS2. The Morgan fingerprint density at radius 3 is 2.90 bits per heavy atom. The number of fused-ring (bicyclic) bond motifs is 1. The first-order valence-corrected chi connectivity index (χ1v) is 8.47. The lowest BCUT2D eigenvalue weighted by Crippen LogP contribution is -2.12. The number of nitrogens with one attached hydrogen (secondary N) is 1. The standard InChI is InChI=1S/C12H14N6OS2/c1-4-7(9-15-6(2)19-18-9)16-10-8-11(14-5-13-10)17-12(20-3)21-8/h5,7H,4H2,1-3H3,(H,13,14,16). The van der Waals surface area contributed by atoms with Crippen LogP contribution in [0.15, 0.2) is 15.2 Å². The van der Waals surface area contributed by atoms with E-state index in [4.69, 9.17) is 4.52 Å². The van der Waals surface area contributed by atoms with Gasteiger partial charge in [0.1, 0.15) is 16.8 Å². The summed E-state index contributed by atoms with van der Waals surface area (Å²) in [6, 6.07) is -0.0552. The summed E-state index contributed by atoms with van der Waals surface area (Å²) >= 11 is 3.18. The second kappa shape index (κ2) is 5.94. The maximum absolute atomic E-state index is 5.05. The van der Waals surface area contributed by atoms with Gasteiger partial charge in [0, 0.05) is 6.92 Å². The highest BCUT2D eigenvalue weighted by Crippen LogP contribution is 2.32. The summed E-state index contributed by atoms with van der Waals surface area (Å²) in [5, 5.41) is 7.34. The van der Waals surface area contributed by atoms with Crippen molar-refractivity contribution in [1.29, 1.82) is 0 Å². The average molecular weight is 322 g/mol. The number of thiazole rings is 1. The molecular weight excluding hydrogens is 308 g/mol. The van der Waals surface area contributed by atoms with Crippen molar-refractivity contribution < 1.29 is 4.52 Å². The molecule has 1 N–H and O–H groups in total. The molecule has 0 aromatic carbocycles. The summed E-state index contributed by atoms with van der Waals surface area (Å²) in [4.78, 5) is 17.3. The van der Waals surface area contributed by atoms with Gasteiger partial charge in [-0.05, 0) is 12.7 Å². The fourth-order valence-electron chi connectivity index (χ4n) is 1.90. The number of aromatic nitrogens is 5. The van der Waals surface area contributed by atoms with Crippen molar-refractivity contribution in [2.75, 3.05) is 11.6 Å². The molecule has 21 heavy (non-hydrogen) atoms. The van der Waals surface area contributed by atoms with E-state index in [0.717, 1.165) is 21.3 Å². The molecule has 3 aromatic rings. The van der Waals surface area contributed by atoms with E-state index in [1.165, 1.54) is 6.33 Å². The number of nitrogens with zero attached hydrogens (tertiary/aromatic N) is 5. The molecule has 1 atom stereocenters. The molecule has 0 aliphatic heterocycles. The zero-order chi connectivity index (χ0) is 14.8. The molecule has 1 unspecified atom stereocenters. The number of hydrogen-bond donors (Lipinski definition) is 1. The van der Waals surface area contributed by atoms with E-state index in [-0.39, 0.29) is 6.04 Å². The second-order valence-corrected chi connectivity index (χ2v) is 6.39. The highest BCUT2D eigenvalue weighted by Gasteiger charge is 2.18. The van der Waals surface area contributed by atoms with E-state index in [1.807, 2.05) is 6.26 Å². The van der Waals surface area contributed by atoms with Crippen molar-refractivity contribution in [1.82, 2.24) is 25.1 Å². The first-order valence-electron chi connectivity index (χ1n) is 6.43. The predicted octanol–water partition coefficient (Wildman–Crippen LogP) is 3.06. The van der Waals surface area contributed by atoms with Crippen LogP contribution in [0, 0.1) is 6.92 Å². The van der Waals surface area contributed by atoms with Crippen LogP contribution in [0.5, 0.6) is 0 Å². The Bertz CT molecular complexity index is 755. The minimum absolute atomic E-state index is 0.0552. The topological polar surface area (TPSA) is 89.6 Å². The molecule has 0 spiro atoms. The molecule has 9 heteroatoms. The number of hydrogen-bond acceptors (Lipinski definition) is 9. The van der Waals surface area contributed by atoms with Crippen LogP contribution < -0.4 is 5.32 Å². The summed E-state index contributed by atoms with van der Waals surface area (Å²) < 4.78 is 6.96. The minimum atomic E-state index is -0.0552. The van der Waals surface area contributed by atoms with Gasteiger partial charge in [-0.2, -0.15) is 4.98 Å². The minimum Gasteiger partial charge on any atom is -0.359 e. The molecule has 110 valence electrons. The predicted molar refractivity (Wildman–Crippen MR) is 82.7 cm³/mol. The molecule has 0 amide bonds. The van der Waals surface area contributed by atoms with Crippen molar-refractivity contribution in [3.8, 4) is 0 Å². The van der Waals surface area contributed by atoms with Crippen LogP contribution >= 0.6 is 23.1 Å². The average Bonchev–Trinajstić information content (AvgIpc) is 3.10. The van der Waals surface area contributed by atoms with E-state index in [9.17, 15) is 0 Å². The second-order valence-electron chi connectivity index (χ2n) is 4.34. The maximum atomic E-state index is 5.05. The Kier molecular flexibility index (Phi) is 4.02. The van der Waals surface area contributed by atoms with Gasteiger partial charge in [-0.25, -0.2) is 15.0 Å². The summed E-state index contributed by atoms with van der Waals surface area (Å²) in [6.45, 7) is 3.84. The fourth-order valence-corrected chi connectivity index (χ4v) is 3.36. The van der Waals surface area contributed by atoms with E-state index in [0.29, 0.717) is 17.4 Å². The van der Waals surface area contributed by atoms with Crippen LogP contribution in [0.4, 0.5) is 5.82 Å². The molecule has 0 saturated carbocycles. The van der Waals surface area contributed by atoms with Gasteiger partial charge in [0.25, 0.3) is 0 Å². The van der Waals surface area contributed by atoms with Gasteiger partial charge in [-0.15, -0.1) is 11.3 Å². The van der Waals surface area contributed by atoms with Crippen molar-refractivity contribution in [3.63, 3.8) is 0 Å². The van der Waals surface area contributed by atoms with Gasteiger partial charge in [0.2, 0.25) is 5.89 Å². The molecule has 0 fully saturated rings. The number of rotatable bonds is 5. The first kappa shape index (κ1) is 14.2. The van der Waals surface area contributed by atoms with Crippen LogP contribution in [-0.2, 0) is 0 Å². The molecule has 3 heterocycles. The summed E-state index contributed by atoms with van der Waals surface area (Å²) in [5.74, 6) is 1.95. The summed E-state index contributed by atoms with van der Waals surface area (Å²) in [7, 11) is 0. The van der Waals surface area contributed by atoms with Crippen molar-refractivity contribution in [2.24, 2.45) is 0 Å². The van der Waals surface area contributed by atoms with Gasteiger partial charge >= 0.3 is 0 Å². The lowest BCUT2D eigenvalue weighted by molar-refractivity contribution is 0.384. The number of aryl methyl sites for hydroxylation is 1. The van der Waals surface area contributed by atoms with Crippen molar-refractivity contribution in [3.05, 3.63) is 18.0 Å². The molecule has 0 aliphatic rings. The van der Waals surface area contributed by atoms with Crippen LogP contribution in [-0.4, -0.2) is 31.3 Å². The van der Waals surface area contributed by atoms with Gasteiger partial charge in [-0.1, -0.05) is 23.8 Å². The zero-order valence-corrected chi connectivity index (χ0v) is 13.5. The molecule has 0 saturated heterocycles. The lowest BCUT2D eigenvalue weighted by atomic mass is 10.2. The third-order valence-corrected chi connectivity index (χ3v) is 4.96. The lowest BCUT2D eigenvalue weighted by Gasteiger charge is -2.13. The quantitative estimate of drug-likeness (QED) is 0.717. The normalized spacial score (nSPS) is 12.7. The SMILES string of the molecule is CCC(Nc1ncnc2nc(SC)sc12)c1noc(C)n1. The molecule has 0 aliphatic carbocycles. The third-order valence-electron chi connectivity index (χ3n) is 2.92. The fraction of sp³-hybridized carbons (Fsp3) is 0.417. The monoisotopic (exact) mass is 322 g/mol. The summed E-state index contributed by atoms with van der Waals surface area (Å²) in [6.07, 6.45) is 4.33. The van der Waals surface area contributed by atoms with E-state index >= 15 is 0 Å². The van der Waals surface area contributed by atoms with Gasteiger partial charge in [0.05, 0.1) is 6.04 Å². The van der Waals surface area contributed by atoms with E-state index < -0.39 is 0 Å². The zero-order valence-electron chi connectivity index (χ0n) is 11.8. The Morgan fingerprint density at radius 2 is 2.24 bits per heavy atom. The molecule has 3 rings (SSSR count). The third kappa shape index (κ3) is 2.84. The summed E-state index contributed by atoms with van der Waals surface area (Å²) in [5.41, 5.74) is 0.709. The van der Waals surface area contributed by atoms with Crippen LogP contribution in [0.25, 0.3) is 10.3 Å².